The van der Waals surface area contributed by atoms with Crippen molar-refractivity contribution in [1.82, 2.24) is 0 Å². The van der Waals surface area contributed by atoms with Gasteiger partial charge >= 0.3 is 5.97 Å². The summed E-state index contributed by atoms with van der Waals surface area (Å²) in [6.07, 6.45) is -0.651. The molecular weight excluding hydrogens is 239 g/mol. The third-order valence-electron chi connectivity index (χ3n) is 2.41. The topological polar surface area (TPSA) is 66.8 Å². The first-order valence-corrected chi connectivity index (χ1v) is 5.63. The van der Waals surface area contributed by atoms with Gasteiger partial charge in [0.15, 0.2) is 11.6 Å². The second kappa shape index (κ2) is 5.35. The number of hydrogen-bond acceptors (Lipinski definition) is 3. The molecule has 0 amide bonds. The molecule has 1 rings (SSSR count). The number of carboxylic acids is 1. The highest BCUT2D eigenvalue weighted by Crippen LogP contribution is 2.28. The SMILES string of the molecule is CC(C)Oc1ccc(C(C)(O)CC(=O)O)cc1F. The fourth-order valence-corrected chi connectivity index (χ4v) is 1.58. The van der Waals surface area contributed by atoms with Crippen LogP contribution in [0.15, 0.2) is 18.2 Å². The zero-order chi connectivity index (χ0) is 13.9. The highest BCUT2D eigenvalue weighted by molar-refractivity contribution is 5.68. The largest absolute Gasteiger partial charge is 0.488 e. The molecule has 0 aliphatic rings. The molecule has 18 heavy (non-hydrogen) atoms. The van der Waals surface area contributed by atoms with Gasteiger partial charge in [0.1, 0.15) is 0 Å². The van der Waals surface area contributed by atoms with E-state index in [9.17, 15) is 14.3 Å². The minimum Gasteiger partial charge on any atom is -0.488 e. The number of carboxylic acid groups (broad SMARTS) is 1. The van der Waals surface area contributed by atoms with E-state index < -0.39 is 23.8 Å². The molecule has 0 spiro atoms. The molecule has 0 fully saturated rings. The molecule has 0 bridgehead atoms. The third-order valence-corrected chi connectivity index (χ3v) is 2.41. The van der Waals surface area contributed by atoms with Gasteiger partial charge in [-0.2, -0.15) is 0 Å². The first-order valence-electron chi connectivity index (χ1n) is 5.63. The molecular formula is C13H17FO4. The molecule has 0 saturated carbocycles. The molecule has 100 valence electrons. The molecule has 1 unspecified atom stereocenters. The van der Waals surface area contributed by atoms with Crippen LogP contribution in [0.2, 0.25) is 0 Å². The van der Waals surface area contributed by atoms with Crippen LogP contribution >= 0.6 is 0 Å². The van der Waals surface area contributed by atoms with Gasteiger partial charge < -0.3 is 14.9 Å². The summed E-state index contributed by atoms with van der Waals surface area (Å²) in [5.41, 5.74) is -1.40. The normalized spacial score (nSPS) is 14.3. The zero-order valence-electron chi connectivity index (χ0n) is 10.6. The maximum absolute atomic E-state index is 13.7. The second-order valence-corrected chi connectivity index (χ2v) is 4.66. The molecule has 1 aromatic carbocycles. The van der Waals surface area contributed by atoms with Crippen LogP contribution in [0.4, 0.5) is 4.39 Å². The predicted molar refractivity (Wildman–Crippen MR) is 64.0 cm³/mol. The van der Waals surface area contributed by atoms with E-state index in [0.29, 0.717) is 0 Å². The van der Waals surface area contributed by atoms with E-state index in [2.05, 4.69) is 0 Å². The van der Waals surface area contributed by atoms with Gasteiger partial charge in [-0.3, -0.25) is 4.79 Å². The molecule has 1 aromatic rings. The highest BCUT2D eigenvalue weighted by atomic mass is 19.1. The van der Waals surface area contributed by atoms with Gasteiger partial charge in [-0.1, -0.05) is 6.07 Å². The average molecular weight is 256 g/mol. The first-order chi connectivity index (χ1) is 8.22. The number of benzene rings is 1. The molecule has 0 saturated heterocycles. The summed E-state index contributed by atoms with van der Waals surface area (Å²) in [6, 6.07) is 3.95. The second-order valence-electron chi connectivity index (χ2n) is 4.66. The van der Waals surface area contributed by atoms with Crippen LogP contribution in [0, 0.1) is 5.82 Å². The number of carbonyl (C=O) groups is 1. The fraction of sp³-hybridized carbons (Fsp3) is 0.462. The number of aliphatic hydroxyl groups is 1. The van der Waals surface area contributed by atoms with Crippen LogP contribution in [-0.2, 0) is 10.4 Å². The highest BCUT2D eigenvalue weighted by Gasteiger charge is 2.27. The molecule has 2 N–H and O–H groups in total. The molecule has 0 aromatic heterocycles. The smallest absolute Gasteiger partial charge is 0.306 e. The Labute approximate surface area is 105 Å². The number of aliphatic carboxylic acids is 1. The summed E-state index contributed by atoms with van der Waals surface area (Å²) in [5.74, 6) is -1.69. The summed E-state index contributed by atoms with van der Waals surface area (Å²) in [5, 5.41) is 18.6. The van der Waals surface area contributed by atoms with Crippen molar-refractivity contribution in [2.75, 3.05) is 0 Å². The summed E-state index contributed by atoms with van der Waals surface area (Å²) in [6.45, 7) is 4.88. The lowest BCUT2D eigenvalue weighted by molar-refractivity contribution is -0.142. The van der Waals surface area contributed by atoms with Crippen molar-refractivity contribution in [2.45, 2.75) is 38.9 Å². The number of halogens is 1. The van der Waals surface area contributed by atoms with Crippen molar-refractivity contribution in [3.05, 3.63) is 29.6 Å². The van der Waals surface area contributed by atoms with E-state index in [1.165, 1.54) is 19.1 Å². The number of ether oxygens (including phenoxy) is 1. The lowest BCUT2D eigenvalue weighted by atomic mass is 9.92. The summed E-state index contributed by atoms with van der Waals surface area (Å²) in [7, 11) is 0. The van der Waals surface area contributed by atoms with E-state index in [-0.39, 0.29) is 17.4 Å². The Morgan fingerprint density at radius 1 is 1.50 bits per heavy atom. The maximum Gasteiger partial charge on any atom is 0.306 e. The van der Waals surface area contributed by atoms with Crippen LogP contribution < -0.4 is 4.74 Å². The minimum absolute atomic E-state index is 0.0832. The van der Waals surface area contributed by atoms with Gasteiger partial charge in [-0.25, -0.2) is 4.39 Å². The summed E-state index contributed by atoms with van der Waals surface area (Å²) < 4.78 is 18.9. The summed E-state index contributed by atoms with van der Waals surface area (Å²) in [4.78, 5) is 10.6. The monoisotopic (exact) mass is 256 g/mol. The lowest BCUT2D eigenvalue weighted by Crippen LogP contribution is -2.25. The predicted octanol–water partition coefficient (Wildman–Crippen LogP) is 2.30. The van der Waals surface area contributed by atoms with Gasteiger partial charge in [0.05, 0.1) is 18.1 Å². The zero-order valence-corrected chi connectivity index (χ0v) is 10.6. The molecule has 0 aliphatic heterocycles. The third kappa shape index (κ3) is 3.70. The van der Waals surface area contributed by atoms with Crippen LogP contribution in [0.5, 0.6) is 5.75 Å². The van der Waals surface area contributed by atoms with Crippen molar-refractivity contribution in [2.24, 2.45) is 0 Å². The Morgan fingerprint density at radius 3 is 2.56 bits per heavy atom. The van der Waals surface area contributed by atoms with E-state index in [1.807, 2.05) is 0 Å². The fourth-order valence-electron chi connectivity index (χ4n) is 1.58. The van der Waals surface area contributed by atoms with Crippen LogP contribution in [0.3, 0.4) is 0 Å². The Balaban J connectivity index is 2.99. The number of hydrogen-bond donors (Lipinski definition) is 2. The van der Waals surface area contributed by atoms with Gasteiger partial charge in [0.2, 0.25) is 0 Å². The lowest BCUT2D eigenvalue weighted by Gasteiger charge is -2.22. The van der Waals surface area contributed by atoms with E-state index in [1.54, 1.807) is 13.8 Å². The minimum atomic E-state index is -1.61. The van der Waals surface area contributed by atoms with E-state index >= 15 is 0 Å². The van der Waals surface area contributed by atoms with Crippen LogP contribution in [0.1, 0.15) is 32.8 Å². The molecule has 5 heteroatoms. The van der Waals surface area contributed by atoms with Crippen molar-refractivity contribution in [3.63, 3.8) is 0 Å². The Hall–Kier alpha value is -1.62. The van der Waals surface area contributed by atoms with Crippen molar-refractivity contribution in [3.8, 4) is 5.75 Å². The van der Waals surface area contributed by atoms with Gasteiger partial charge in [-0.15, -0.1) is 0 Å². The van der Waals surface area contributed by atoms with Gasteiger partial charge in [0.25, 0.3) is 0 Å². The molecule has 0 radical (unpaired) electrons. The van der Waals surface area contributed by atoms with Gasteiger partial charge in [0, 0.05) is 0 Å². The standard InChI is InChI=1S/C13H17FO4/c1-8(2)18-11-5-4-9(6-10(11)14)13(3,17)7-12(15)16/h4-6,8,17H,7H2,1-3H3,(H,15,16). The van der Waals surface area contributed by atoms with Gasteiger partial charge in [-0.05, 0) is 38.5 Å². The molecule has 0 heterocycles. The van der Waals surface area contributed by atoms with Crippen LogP contribution in [-0.4, -0.2) is 22.3 Å². The van der Waals surface area contributed by atoms with Crippen LogP contribution in [0.25, 0.3) is 0 Å². The average Bonchev–Trinajstić information content (AvgIpc) is 2.18. The maximum atomic E-state index is 13.7. The Kier molecular flexibility index (Phi) is 4.29. The van der Waals surface area contributed by atoms with E-state index in [4.69, 9.17) is 9.84 Å². The molecule has 4 nitrogen and oxygen atoms in total. The quantitative estimate of drug-likeness (QED) is 0.848. The van der Waals surface area contributed by atoms with Crippen molar-refractivity contribution in [1.29, 1.82) is 0 Å². The molecule has 0 aliphatic carbocycles. The Morgan fingerprint density at radius 2 is 2.11 bits per heavy atom. The molecule has 1 atom stereocenters. The first kappa shape index (κ1) is 14.4. The number of rotatable bonds is 5. The Bertz CT molecular complexity index is 441. The van der Waals surface area contributed by atoms with E-state index in [0.717, 1.165) is 6.07 Å². The van der Waals surface area contributed by atoms with Crippen molar-refractivity contribution < 1.29 is 24.1 Å². The van der Waals surface area contributed by atoms with Crippen molar-refractivity contribution >= 4 is 5.97 Å². The summed E-state index contributed by atoms with van der Waals surface area (Å²) >= 11 is 0.